The Morgan fingerprint density at radius 2 is 1.86 bits per heavy atom. The smallest absolute Gasteiger partial charge is 0.254 e. The number of piperazine rings is 1. The maximum atomic E-state index is 13.9. The van der Waals surface area contributed by atoms with E-state index >= 15 is 0 Å². The quantitative estimate of drug-likeness (QED) is 0.545. The molecule has 1 amide bonds. The van der Waals surface area contributed by atoms with Gasteiger partial charge in [-0.1, -0.05) is 35.3 Å². The second-order valence-electron chi connectivity index (χ2n) is 8.43. The predicted octanol–water partition coefficient (Wildman–Crippen LogP) is 4.84. The fourth-order valence-electron chi connectivity index (χ4n) is 4.62. The normalized spacial score (nSPS) is 17.6. The van der Waals surface area contributed by atoms with Crippen LogP contribution in [0.5, 0.6) is 0 Å². The minimum atomic E-state index is -0.651. The van der Waals surface area contributed by atoms with Gasteiger partial charge in [0.15, 0.2) is 0 Å². The summed E-state index contributed by atoms with van der Waals surface area (Å²) >= 11 is 12.9. The number of hydrogen-bond donors (Lipinski definition) is 1. The first-order chi connectivity index (χ1) is 16.9. The molecule has 3 heterocycles. The molecule has 35 heavy (non-hydrogen) atoms. The van der Waals surface area contributed by atoms with Crippen LogP contribution in [0.4, 0.5) is 15.9 Å². The summed E-state index contributed by atoms with van der Waals surface area (Å²) in [4.78, 5) is 17.8. The number of carbonyl (C=O) groups excluding carboxylic acids is 1. The zero-order valence-corrected chi connectivity index (χ0v) is 20.3. The third-order valence-corrected chi connectivity index (χ3v) is 7.24. The Balaban J connectivity index is 1.47. The van der Waals surface area contributed by atoms with Crippen molar-refractivity contribution in [3.63, 3.8) is 0 Å². The lowest BCUT2D eigenvalue weighted by molar-refractivity contribution is -0.127. The Morgan fingerprint density at radius 1 is 1.14 bits per heavy atom. The molecule has 2 aliphatic heterocycles. The van der Waals surface area contributed by atoms with Crippen LogP contribution in [-0.2, 0) is 4.79 Å². The number of halogens is 3. The third-order valence-electron chi connectivity index (χ3n) is 6.41. The molecule has 0 radical (unpaired) electrons. The fourth-order valence-corrected chi connectivity index (χ4v) is 5.03. The lowest BCUT2D eigenvalue weighted by Crippen LogP contribution is -2.50. The van der Waals surface area contributed by atoms with Crippen molar-refractivity contribution >= 4 is 40.6 Å². The zero-order valence-electron chi connectivity index (χ0n) is 18.8. The number of anilines is 2. The number of rotatable bonds is 3. The van der Waals surface area contributed by atoms with Crippen molar-refractivity contribution < 1.29 is 9.18 Å². The molecule has 0 bridgehead atoms. The number of amides is 1. The molecule has 0 spiro atoms. The van der Waals surface area contributed by atoms with Gasteiger partial charge in [-0.15, -0.1) is 0 Å². The van der Waals surface area contributed by atoms with E-state index in [4.69, 9.17) is 23.2 Å². The maximum absolute atomic E-state index is 13.9. The molecule has 1 unspecified atom stereocenters. The second-order valence-corrected chi connectivity index (χ2v) is 9.21. The molecular formula is C25H21Cl2FN6O. The summed E-state index contributed by atoms with van der Waals surface area (Å²) in [6.07, 6.45) is 1.47. The summed E-state index contributed by atoms with van der Waals surface area (Å²) in [5.74, 6) is 0.0798. The first kappa shape index (κ1) is 23.2. The molecule has 1 N–H and O–H groups in total. The van der Waals surface area contributed by atoms with Crippen LogP contribution in [0.1, 0.15) is 24.1 Å². The molecule has 7 nitrogen and oxygen atoms in total. The van der Waals surface area contributed by atoms with Crippen molar-refractivity contribution in [3.05, 3.63) is 86.9 Å². The first-order valence-electron chi connectivity index (χ1n) is 11.1. The molecule has 2 aliphatic rings. The lowest BCUT2D eigenvalue weighted by Gasteiger charge is -2.38. The van der Waals surface area contributed by atoms with Gasteiger partial charge in [0.05, 0.1) is 21.8 Å². The van der Waals surface area contributed by atoms with Crippen molar-refractivity contribution in [1.82, 2.24) is 14.7 Å². The molecule has 1 atom stereocenters. The van der Waals surface area contributed by atoms with Gasteiger partial charge in [0.25, 0.3) is 5.91 Å². The highest BCUT2D eigenvalue weighted by molar-refractivity contribution is 6.42. The van der Waals surface area contributed by atoms with E-state index in [1.807, 2.05) is 13.0 Å². The van der Waals surface area contributed by atoms with Crippen LogP contribution in [0.25, 0.3) is 0 Å². The Hall–Kier alpha value is -3.54. The van der Waals surface area contributed by atoms with Crippen molar-refractivity contribution in [3.8, 4) is 6.07 Å². The molecule has 3 aromatic rings. The molecule has 178 valence electrons. The van der Waals surface area contributed by atoms with Gasteiger partial charge >= 0.3 is 0 Å². The molecule has 1 aromatic heterocycles. The topological polar surface area (TPSA) is 77.2 Å². The van der Waals surface area contributed by atoms with Crippen molar-refractivity contribution in [1.29, 1.82) is 5.26 Å². The van der Waals surface area contributed by atoms with E-state index in [9.17, 15) is 14.4 Å². The van der Waals surface area contributed by atoms with Gasteiger partial charge in [-0.2, -0.15) is 10.4 Å². The zero-order chi connectivity index (χ0) is 24.7. The number of hydrogen-bond acceptors (Lipinski definition) is 5. The number of nitrogens with one attached hydrogen (secondary N) is 1. The SMILES string of the molecule is CC1=C(C(=O)N2CCN(c3ccc(F)cc3)CC2)C(c2cccc(Cl)c2Cl)n2ncc(C#N)c2N1. The van der Waals surface area contributed by atoms with Gasteiger partial charge < -0.3 is 15.1 Å². The van der Waals surface area contributed by atoms with Crippen LogP contribution in [0.15, 0.2) is 59.9 Å². The predicted molar refractivity (Wildman–Crippen MR) is 133 cm³/mol. The summed E-state index contributed by atoms with van der Waals surface area (Å²) in [5.41, 5.74) is 3.03. The maximum Gasteiger partial charge on any atom is 0.254 e. The largest absolute Gasteiger partial charge is 0.368 e. The molecule has 10 heteroatoms. The van der Waals surface area contributed by atoms with Gasteiger partial charge in [0.1, 0.15) is 29.3 Å². The Morgan fingerprint density at radius 3 is 2.54 bits per heavy atom. The number of aromatic nitrogens is 2. The summed E-state index contributed by atoms with van der Waals surface area (Å²) in [6.45, 7) is 4.04. The number of fused-ring (bicyclic) bond motifs is 1. The highest BCUT2D eigenvalue weighted by Gasteiger charge is 2.38. The van der Waals surface area contributed by atoms with Gasteiger partial charge in [-0.05, 0) is 37.3 Å². The summed E-state index contributed by atoms with van der Waals surface area (Å²) in [7, 11) is 0. The van der Waals surface area contributed by atoms with Crippen LogP contribution < -0.4 is 10.2 Å². The molecule has 5 rings (SSSR count). The molecular weight excluding hydrogens is 490 g/mol. The van der Waals surface area contributed by atoms with E-state index in [1.54, 1.807) is 33.8 Å². The second kappa shape index (κ2) is 9.25. The fraction of sp³-hybridized carbons (Fsp3) is 0.240. The molecule has 1 fully saturated rings. The number of benzene rings is 2. The molecule has 0 saturated carbocycles. The summed E-state index contributed by atoms with van der Waals surface area (Å²) < 4.78 is 14.9. The highest BCUT2D eigenvalue weighted by Crippen LogP contribution is 2.42. The van der Waals surface area contributed by atoms with Crippen molar-refractivity contribution in [2.75, 3.05) is 36.4 Å². The highest BCUT2D eigenvalue weighted by atomic mass is 35.5. The number of nitriles is 1. The van der Waals surface area contributed by atoms with Crippen LogP contribution >= 0.6 is 23.2 Å². The summed E-state index contributed by atoms with van der Waals surface area (Å²) in [6, 6.07) is 13.1. The minimum Gasteiger partial charge on any atom is -0.368 e. The van der Waals surface area contributed by atoms with E-state index in [1.165, 1.54) is 18.3 Å². The number of carbonyl (C=O) groups is 1. The standard InChI is InChI=1S/C25H21Cl2FN6O/c1-15-21(25(35)33-11-9-32(10-12-33)18-7-5-17(28)6-8-18)23(19-3-2-4-20(26)22(19)27)34-24(31-15)16(13-29)14-30-34/h2-8,14,23,31H,9-12H2,1H3. The number of nitrogens with zero attached hydrogens (tertiary/aromatic N) is 5. The average Bonchev–Trinajstić information content (AvgIpc) is 3.28. The minimum absolute atomic E-state index is 0.144. The van der Waals surface area contributed by atoms with Crippen molar-refractivity contribution in [2.45, 2.75) is 13.0 Å². The van der Waals surface area contributed by atoms with Gasteiger partial charge in [-0.3, -0.25) is 4.79 Å². The average molecular weight is 511 g/mol. The Kier molecular flexibility index (Phi) is 6.13. The van der Waals surface area contributed by atoms with Gasteiger partial charge in [0, 0.05) is 43.1 Å². The first-order valence-corrected chi connectivity index (χ1v) is 11.8. The van der Waals surface area contributed by atoms with Gasteiger partial charge in [-0.25, -0.2) is 9.07 Å². The molecule has 0 aliphatic carbocycles. The van der Waals surface area contributed by atoms with Crippen LogP contribution in [0.2, 0.25) is 10.0 Å². The van der Waals surface area contributed by atoms with E-state index in [0.29, 0.717) is 64.4 Å². The van der Waals surface area contributed by atoms with Gasteiger partial charge in [0.2, 0.25) is 0 Å². The van der Waals surface area contributed by atoms with Crippen LogP contribution in [0, 0.1) is 17.1 Å². The number of allylic oxidation sites excluding steroid dienone is 1. The van der Waals surface area contributed by atoms with Crippen LogP contribution in [-0.4, -0.2) is 46.8 Å². The van der Waals surface area contributed by atoms with Crippen LogP contribution in [0.3, 0.4) is 0 Å². The third kappa shape index (κ3) is 4.11. The Bertz CT molecular complexity index is 1370. The molecule has 1 saturated heterocycles. The van der Waals surface area contributed by atoms with E-state index < -0.39 is 6.04 Å². The van der Waals surface area contributed by atoms with E-state index in [0.717, 1.165) is 5.69 Å². The summed E-state index contributed by atoms with van der Waals surface area (Å²) in [5, 5.41) is 17.8. The van der Waals surface area contributed by atoms with Crippen molar-refractivity contribution in [2.24, 2.45) is 0 Å². The van der Waals surface area contributed by atoms with E-state index in [-0.39, 0.29) is 11.7 Å². The monoisotopic (exact) mass is 510 g/mol. The molecule has 2 aromatic carbocycles. The lowest BCUT2D eigenvalue weighted by atomic mass is 9.94. The van der Waals surface area contributed by atoms with E-state index in [2.05, 4.69) is 21.4 Å². The Labute approximate surface area is 211 Å².